The summed E-state index contributed by atoms with van der Waals surface area (Å²) in [6, 6.07) is 18.8. The van der Waals surface area contributed by atoms with Crippen molar-refractivity contribution in [1.29, 1.82) is 0 Å². The lowest BCUT2D eigenvalue weighted by Crippen LogP contribution is -2.30. The van der Waals surface area contributed by atoms with Crippen LogP contribution in [0.5, 0.6) is 5.75 Å². The summed E-state index contributed by atoms with van der Waals surface area (Å²) in [6.45, 7) is 1.59. The number of benzene rings is 3. The number of para-hydroxylation sites is 1. The molecule has 0 aliphatic heterocycles. The van der Waals surface area contributed by atoms with Gasteiger partial charge in [-0.05, 0) is 67.6 Å². The van der Waals surface area contributed by atoms with Gasteiger partial charge in [0.1, 0.15) is 11.6 Å². The van der Waals surface area contributed by atoms with Crippen LogP contribution in [0.3, 0.4) is 0 Å². The zero-order valence-electron chi connectivity index (χ0n) is 15.5. The summed E-state index contributed by atoms with van der Waals surface area (Å²) in [7, 11) is 0. The van der Waals surface area contributed by atoms with Crippen molar-refractivity contribution in [3.05, 3.63) is 89.2 Å². The number of rotatable bonds is 6. The van der Waals surface area contributed by atoms with Crippen molar-refractivity contribution < 1.29 is 18.7 Å². The first-order valence-electron chi connectivity index (χ1n) is 8.81. The molecule has 7 heteroatoms. The minimum absolute atomic E-state index is 0.313. The fourth-order valence-electron chi connectivity index (χ4n) is 2.48. The van der Waals surface area contributed by atoms with Gasteiger partial charge >= 0.3 is 0 Å². The Balaban J connectivity index is 1.58. The van der Waals surface area contributed by atoms with Crippen molar-refractivity contribution in [3.8, 4) is 5.75 Å². The first kappa shape index (κ1) is 20.4. The standard InChI is InChI=1S/C22H18ClFN2O3/c1-14(21(27)25-17-10-8-16(24)9-11-17)29-18-12-6-15(7-13-18)22(28)26-20-5-3-2-4-19(20)23/h2-14H,1H3,(H,25,27)(H,26,28)/t14-/m0/s1. The van der Waals surface area contributed by atoms with Gasteiger partial charge in [-0.15, -0.1) is 0 Å². The zero-order valence-corrected chi connectivity index (χ0v) is 16.2. The summed E-state index contributed by atoms with van der Waals surface area (Å²) in [5.41, 5.74) is 1.41. The van der Waals surface area contributed by atoms with Crippen molar-refractivity contribution in [2.45, 2.75) is 13.0 Å². The van der Waals surface area contributed by atoms with Crippen molar-refractivity contribution >= 4 is 34.8 Å². The molecule has 3 aromatic carbocycles. The lowest BCUT2D eigenvalue weighted by molar-refractivity contribution is -0.122. The molecule has 0 spiro atoms. The van der Waals surface area contributed by atoms with E-state index in [1.807, 2.05) is 0 Å². The fraction of sp³-hybridized carbons (Fsp3) is 0.0909. The normalized spacial score (nSPS) is 11.4. The predicted octanol–water partition coefficient (Wildman–Crippen LogP) is 5.14. The molecular formula is C22H18ClFN2O3. The van der Waals surface area contributed by atoms with Crippen LogP contribution >= 0.6 is 11.6 Å². The smallest absolute Gasteiger partial charge is 0.265 e. The summed E-state index contributed by atoms with van der Waals surface area (Å²) in [6.07, 6.45) is -0.789. The number of hydrogen-bond donors (Lipinski definition) is 2. The third-order valence-corrected chi connectivity index (χ3v) is 4.36. The molecule has 1 atom stereocenters. The molecule has 0 aromatic heterocycles. The minimum Gasteiger partial charge on any atom is -0.481 e. The van der Waals surface area contributed by atoms with Gasteiger partial charge in [-0.25, -0.2) is 4.39 Å². The largest absolute Gasteiger partial charge is 0.481 e. The van der Waals surface area contributed by atoms with Gasteiger partial charge in [0.25, 0.3) is 11.8 Å². The Bertz CT molecular complexity index is 1010. The summed E-state index contributed by atoms with van der Waals surface area (Å²) >= 11 is 6.04. The van der Waals surface area contributed by atoms with Crippen molar-refractivity contribution in [2.24, 2.45) is 0 Å². The molecule has 0 aliphatic carbocycles. The van der Waals surface area contributed by atoms with E-state index in [-0.39, 0.29) is 17.6 Å². The van der Waals surface area contributed by atoms with Crippen molar-refractivity contribution in [2.75, 3.05) is 10.6 Å². The molecule has 2 N–H and O–H groups in total. The Morgan fingerprint density at radius 1 is 0.931 bits per heavy atom. The molecule has 0 bridgehead atoms. The highest BCUT2D eigenvalue weighted by Crippen LogP contribution is 2.22. The van der Waals surface area contributed by atoms with Crippen LogP contribution in [-0.2, 0) is 4.79 Å². The molecule has 148 valence electrons. The van der Waals surface area contributed by atoms with Crippen LogP contribution in [0.15, 0.2) is 72.8 Å². The van der Waals surface area contributed by atoms with E-state index in [0.29, 0.717) is 27.7 Å². The molecule has 0 fully saturated rings. The van der Waals surface area contributed by atoms with Gasteiger partial charge in [0, 0.05) is 11.3 Å². The maximum Gasteiger partial charge on any atom is 0.265 e. The van der Waals surface area contributed by atoms with Gasteiger partial charge in [0.15, 0.2) is 6.10 Å². The second kappa shape index (κ2) is 9.21. The Labute approximate surface area is 172 Å². The minimum atomic E-state index is -0.789. The fourth-order valence-corrected chi connectivity index (χ4v) is 2.66. The summed E-state index contributed by atoms with van der Waals surface area (Å²) < 4.78 is 18.5. The average molecular weight is 413 g/mol. The second-order valence-corrected chi connectivity index (χ2v) is 6.62. The van der Waals surface area contributed by atoms with Crippen LogP contribution in [0.4, 0.5) is 15.8 Å². The number of hydrogen-bond acceptors (Lipinski definition) is 3. The lowest BCUT2D eigenvalue weighted by atomic mass is 10.2. The third-order valence-electron chi connectivity index (χ3n) is 4.03. The maximum atomic E-state index is 12.9. The number of amides is 2. The molecule has 0 radical (unpaired) electrons. The average Bonchev–Trinajstić information content (AvgIpc) is 2.72. The first-order chi connectivity index (χ1) is 13.9. The Morgan fingerprint density at radius 2 is 1.59 bits per heavy atom. The SMILES string of the molecule is C[C@H](Oc1ccc(C(=O)Nc2ccccc2Cl)cc1)C(=O)Nc1ccc(F)cc1. The van der Waals surface area contributed by atoms with E-state index in [9.17, 15) is 14.0 Å². The van der Waals surface area contributed by atoms with E-state index in [1.165, 1.54) is 24.3 Å². The van der Waals surface area contributed by atoms with Gasteiger partial charge in [-0.2, -0.15) is 0 Å². The van der Waals surface area contributed by atoms with Crippen LogP contribution in [0, 0.1) is 5.82 Å². The maximum absolute atomic E-state index is 12.9. The van der Waals surface area contributed by atoms with Gasteiger partial charge in [-0.3, -0.25) is 9.59 Å². The Morgan fingerprint density at radius 3 is 2.24 bits per heavy atom. The number of carbonyl (C=O) groups excluding carboxylic acids is 2. The highest BCUT2D eigenvalue weighted by Gasteiger charge is 2.15. The summed E-state index contributed by atoms with van der Waals surface area (Å²) in [4.78, 5) is 24.5. The predicted molar refractivity (Wildman–Crippen MR) is 111 cm³/mol. The Hall–Kier alpha value is -3.38. The molecule has 2 amide bonds. The van der Waals surface area contributed by atoms with Gasteiger partial charge in [0.2, 0.25) is 0 Å². The zero-order chi connectivity index (χ0) is 20.8. The second-order valence-electron chi connectivity index (χ2n) is 6.21. The van der Waals surface area contributed by atoms with Crippen LogP contribution in [-0.4, -0.2) is 17.9 Å². The highest BCUT2D eigenvalue weighted by molar-refractivity contribution is 6.33. The van der Waals surface area contributed by atoms with E-state index in [1.54, 1.807) is 55.5 Å². The van der Waals surface area contributed by atoms with E-state index in [4.69, 9.17) is 16.3 Å². The number of nitrogens with one attached hydrogen (secondary N) is 2. The van der Waals surface area contributed by atoms with Gasteiger partial charge in [0.05, 0.1) is 10.7 Å². The Kier molecular flexibility index (Phi) is 6.46. The highest BCUT2D eigenvalue weighted by atomic mass is 35.5. The molecule has 3 aromatic rings. The quantitative estimate of drug-likeness (QED) is 0.589. The molecule has 3 rings (SSSR count). The molecule has 0 saturated heterocycles. The van der Waals surface area contributed by atoms with Gasteiger partial charge < -0.3 is 15.4 Å². The van der Waals surface area contributed by atoms with Crippen LogP contribution < -0.4 is 15.4 Å². The topological polar surface area (TPSA) is 67.4 Å². The molecule has 0 unspecified atom stereocenters. The van der Waals surface area contributed by atoms with Crippen molar-refractivity contribution in [1.82, 2.24) is 0 Å². The third kappa shape index (κ3) is 5.56. The van der Waals surface area contributed by atoms with E-state index < -0.39 is 6.10 Å². The monoisotopic (exact) mass is 412 g/mol. The number of halogens is 2. The van der Waals surface area contributed by atoms with Crippen LogP contribution in [0.2, 0.25) is 5.02 Å². The summed E-state index contributed by atoms with van der Waals surface area (Å²) in [5, 5.41) is 5.82. The van der Waals surface area contributed by atoms with E-state index in [2.05, 4.69) is 10.6 Å². The van der Waals surface area contributed by atoms with E-state index in [0.717, 1.165) is 0 Å². The van der Waals surface area contributed by atoms with E-state index >= 15 is 0 Å². The first-order valence-corrected chi connectivity index (χ1v) is 9.19. The molecule has 0 heterocycles. The number of carbonyl (C=O) groups is 2. The van der Waals surface area contributed by atoms with Crippen LogP contribution in [0.25, 0.3) is 0 Å². The van der Waals surface area contributed by atoms with Gasteiger partial charge in [-0.1, -0.05) is 23.7 Å². The van der Waals surface area contributed by atoms with Crippen molar-refractivity contribution in [3.63, 3.8) is 0 Å². The summed E-state index contributed by atoms with van der Waals surface area (Å²) in [5.74, 6) is -0.643. The molecule has 5 nitrogen and oxygen atoms in total. The number of anilines is 2. The molecule has 29 heavy (non-hydrogen) atoms. The molecule has 0 saturated carbocycles. The molecular weight excluding hydrogens is 395 g/mol. The lowest BCUT2D eigenvalue weighted by Gasteiger charge is -2.15. The van der Waals surface area contributed by atoms with Crippen LogP contribution in [0.1, 0.15) is 17.3 Å². The number of ether oxygens (including phenoxy) is 1. The molecule has 0 aliphatic rings.